The number of ether oxygens (including phenoxy) is 2. The Hall–Kier alpha value is -1.81. The van der Waals surface area contributed by atoms with Crippen LogP contribution in [0.2, 0.25) is 0 Å². The molecule has 2 aromatic rings. The van der Waals surface area contributed by atoms with E-state index in [2.05, 4.69) is 20.9 Å². The van der Waals surface area contributed by atoms with Crippen LogP contribution in [0.4, 0.5) is 0 Å². The van der Waals surface area contributed by atoms with Gasteiger partial charge in [0, 0.05) is 25.1 Å². The molecule has 2 heterocycles. The maximum Gasteiger partial charge on any atom is 0.338 e. The van der Waals surface area contributed by atoms with Crippen molar-refractivity contribution >= 4 is 31.9 Å². The number of hydrogen-bond acceptors (Lipinski definition) is 6. The van der Waals surface area contributed by atoms with Crippen LogP contribution in [0.15, 0.2) is 33.8 Å². The molecule has 0 spiro atoms. The molecular weight excluding hydrogens is 436 g/mol. The standard InChI is InChI=1S/C18H17BrN2O5S/c1-25-18(22)15-10-16(19)20-17-13-3-2-12(8-11(13)9-14(15)17)27(23,24)21-4-6-26-7-5-21/h2-3,8,10H,4-7,9H2,1H3. The summed E-state index contributed by atoms with van der Waals surface area (Å²) in [4.78, 5) is 16.9. The van der Waals surface area contributed by atoms with Gasteiger partial charge in [0.05, 0.1) is 36.5 Å². The summed E-state index contributed by atoms with van der Waals surface area (Å²) in [5.74, 6) is -0.441. The first-order valence-electron chi connectivity index (χ1n) is 8.41. The van der Waals surface area contributed by atoms with Gasteiger partial charge < -0.3 is 9.47 Å². The molecule has 0 bridgehead atoms. The van der Waals surface area contributed by atoms with Crippen LogP contribution >= 0.6 is 15.9 Å². The summed E-state index contributed by atoms with van der Waals surface area (Å²) in [6, 6.07) is 6.66. The zero-order valence-corrected chi connectivity index (χ0v) is 17.0. The van der Waals surface area contributed by atoms with E-state index in [1.54, 1.807) is 24.3 Å². The van der Waals surface area contributed by atoms with Gasteiger partial charge in [0.1, 0.15) is 4.60 Å². The second kappa shape index (κ2) is 6.97. The summed E-state index contributed by atoms with van der Waals surface area (Å²) < 4.78 is 37.9. The molecule has 1 fully saturated rings. The Morgan fingerprint density at radius 3 is 2.70 bits per heavy atom. The van der Waals surface area contributed by atoms with Crippen LogP contribution in [0, 0.1) is 0 Å². The minimum atomic E-state index is -3.58. The van der Waals surface area contributed by atoms with Crippen LogP contribution in [0.5, 0.6) is 0 Å². The van der Waals surface area contributed by atoms with E-state index < -0.39 is 16.0 Å². The molecule has 0 saturated carbocycles. The molecule has 2 aliphatic rings. The third-order valence-corrected chi connectivity index (χ3v) is 7.11. The largest absolute Gasteiger partial charge is 0.465 e. The number of aromatic nitrogens is 1. The van der Waals surface area contributed by atoms with Gasteiger partial charge in [-0.3, -0.25) is 0 Å². The number of rotatable bonds is 3. The first-order chi connectivity index (χ1) is 12.9. The second-order valence-electron chi connectivity index (χ2n) is 6.32. The van der Waals surface area contributed by atoms with Gasteiger partial charge in [0.15, 0.2) is 0 Å². The molecule has 1 aliphatic carbocycles. The number of hydrogen-bond donors (Lipinski definition) is 0. The van der Waals surface area contributed by atoms with E-state index in [-0.39, 0.29) is 4.90 Å². The normalized spacial score (nSPS) is 16.7. The van der Waals surface area contributed by atoms with Gasteiger partial charge >= 0.3 is 5.97 Å². The fourth-order valence-corrected chi connectivity index (χ4v) is 5.33. The number of fused-ring (bicyclic) bond motifs is 3. The molecule has 9 heteroatoms. The van der Waals surface area contributed by atoms with Crippen LogP contribution in [0.1, 0.15) is 21.5 Å². The molecule has 0 N–H and O–H groups in total. The SMILES string of the molecule is COC(=O)c1cc(Br)nc2c1Cc1cc(S(=O)(=O)N3CCOCC3)ccc1-2. The third-order valence-electron chi connectivity index (χ3n) is 4.81. The van der Waals surface area contributed by atoms with Crippen LogP contribution in [-0.2, 0) is 25.9 Å². The highest BCUT2D eigenvalue weighted by molar-refractivity contribution is 9.10. The molecule has 0 amide bonds. The molecule has 4 rings (SSSR count). The number of halogens is 1. The number of esters is 1. The number of pyridine rings is 1. The van der Waals surface area contributed by atoms with Crippen molar-refractivity contribution in [1.29, 1.82) is 0 Å². The summed E-state index contributed by atoms with van der Waals surface area (Å²) in [6.07, 6.45) is 0.432. The smallest absolute Gasteiger partial charge is 0.338 e. The summed E-state index contributed by atoms with van der Waals surface area (Å²) in [7, 11) is -2.25. The van der Waals surface area contributed by atoms with Crippen molar-refractivity contribution in [2.75, 3.05) is 33.4 Å². The summed E-state index contributed by atoms with van der Waals surface area (Å²) in [5.41, 5.74) is 3.52. The van der Waals surface area contributed by atoms with Crippen molar-refractivity contribution in [1.82, 2.24) is 9.29 Å². The number of benzene rings is 1. The first-order valence-corrected chi connectivity index (χ1v) is 10.6. The molecular formula is C18H17BrN2O5S. The Bertz CT molecular complexity index is 1030. The lowest BCUT2D eigenvalue weighted by molar-refractivity contribution is 0.0599. The predicted octanol–water partition coefficient (Wildman–Crippen LogP) is 2.22. The molecule has 0 atom stereocenters. The quantitative estimate of drug-likeness (QED) is 0.447. The Kier molecular flexibility index (Phi) is 4.79. The Labute approximate surface area is 165 Å². The number of methoxy groups -OCH3 is 1. The monoisotopic (exact) mass is 452 g/mol. The van der Waals surface area contributed by atoms with Gasteiger partial charge in [0.2, 0.25) is 10.0 Å². The number of morpholine rings is 1. The van der Waals surface area contributed by atoms with Crippen molar-refractivity contribution in [3.05, 3.63) is 45.6 Å². The number of nitrogens with zero attached hydrogens (tertiary/aromatic N) is 2. The van der Waals surface area contributed by atoms with Gasteiger partial charge in [-0.05, 0) is 45.3 Å². The minimum Gasteiger partial charge on any atom is -0.465 e. The van der Waals surface area contributed by atoms with Crippen LogP contribution in [-0.4, -0.2) is 57.1 Å². The molecule has 0 unspecified atom stereocenters. The van der Waals surface area contributed by atoms with Crippen LogP contribution < -0.4 is 0 Å². The molecule has 27 heavy (non-hydrogen) atoms. The Balaban J connectivity index is 1.75. The average Bonchev–Trinajstić information content (AvgIpc) is 3.05. The number of sulfonamides is 1. The van der Waals surface area contributed by atoms with Gasteiger partial charge in [-0.2, -0.15) is 4.31 Å². The molecule has 1 aromatic carbocycles. The zero-order chi connectivity index (χ0) is 19.2. The number of carbonyl (C=O) groups excluding carboxylic acids is 1. The summed E-state index contributed by atoms with van der Waals surface area (Å²) in [5, 5.41) is 0. The fourth-order valence-electron chi connectivity index (χ4n) is 3.47. The highest BCUT2D eigenvalue weighted by atomic mass is 79.9. The Morgan fingerprint density at radius 1 is 1.26 bits per heavy atom. The van der Waals surface area contributed by atoms with Crippen molar-refractivity contribution < 1.29 is 22.7 Å². The average molecular weight is 453 g/mol. The third kappa shape index (κ3) is 3.18. The van der Waals surface area contributed by atoms with Crippen LogP contribution in [0.25, 0.3) is 11.3 Å². The van der Waals surface area contributed by atoms with E-state index in [4.69, 9.17) is 9.47 Å². The van der Waals surface area contributed by atoms with E-state index in [0.29, 0.717) is 48.6 Å². The van der Waals surface area contributed by atoms with E-state index in [0.717, 1.165) is 16.7 Å². The topological polar surface area (TPSA) is 85.8 Å². The fraction of sp³-hybridized carbons (Fsp3) is 0.333. The van der Waals surface area contributed by atoms with Gasteiger partial charge in [0.25, 0.3) is 0 Å². The van der Waals surface area contributed by atoms with E-state index >= 15 is 0 Å². The van der Waals surface area contributed by atoms with Gasteiger partial charge in [-0.15, -0.1) is 0 Å². The van der Waals surface area contributed by atoms with Gasteiger partial charge in [-0.25, -0.2) is 18.2 Å². The number of carbonyl (C=O) groups is 1. The van der Waals surface area contributed by atoms with Gasteiger partial charge in [-0.1, -0.05) is 6.07 Å². The lowest BCUT2D eigenvalue weighted by atomic mass is 10.1. The molecule has 142 valence electrons. The van der Waals surface area contributed by atoms with E-state index in [1.807, 2.05) is 0 Å². The lowest BCUT2D eigenvalue weighted by Crippen LogP contribution is -2.40. The predicted molar refractivity (Wildman–Crippen MR) is 101 cm³/mol. The molecule has 0 radical (unpaired) electrons. The second-order valence-corrected chi connectivity index (χ2v) is 9.07. The maximum atomic E-state index is 12.9. The van der Waals surface area contributed by atoms with Crippen molar-refractivity contribution in [2.24, 2.45) is 0 Å². The molecule has 1 aliphatic heterocycles. The lowest BCUT2D eigenvalue weighted by Gasteiger charge is -2.26. The van der Waals surface area contributed by atoms with Crippen molar-refractivity contribution in [3.63, 3.8) is 0 Å². The highest BCUT2D eigenvalue weighted by Gasteiger charge is 2.30. The highest BCUT2D eigenvalue weighted by Crippen LogP contribution is 2.39. The first kappa shape index (κ1) is 18.5. The van der Waals surface area contributed by atoms with E-state index in [9.17, 15) is 13.2 Å². The Morgan fingerprint density at radius 2 is 2.00 bits per heavy atom. The van der Waals surface area contributed by atoms with Crippen molar-refractivity contribution in [3.8, 4) is 11.3 Å². The molecule has 7 nitrogen and oxygen atoms in total. The molecule has 1 saturated heterocycles. The van der Waals surface area contributed by atoms with Crippen molar-refractivity contribution in [2.45, 2.75) is 11.3 Å². The minimum absolute atomic E-state index is 0.245. The summed E-state index contributed by atoms with van der Waals surface area (Å²) >= 11 is 3.33. The maximum absolute atomic E-state index is 12.9. The summed E-state index contributed by atoms with van der Waals surface area (Å²) in [6.45, 7) is 1.49. The van der Waals surface area contributed by atoms with E-state index in [1.165, 1.54) is 11.4 Å². The van der Waals surface area contributed by atoms with Crippen LogP contribution in [0.3, 0.4) is 0 Å². The molecule has 1 aromatic heterocycles. The zero-order valence-electron chi connectivity index (χ0n) is 14.6.